The number of aromatic nitrogens is 3. The first kappa shape index (κ1) is 12.6. The molecule has 96 valence electrons. The SMILES string of the molecule is Cc1ccc2nc(N)n(-c3ccc(Br)cc3Br)c2n1. The molecule has 0 bridgehead atoms. The minimum absolute atomic E-state index is 0.427. The first-order valence-electron chi connectivity index (χ1n) is 5.63. The Morgan fingerprint density at radius 2 is 1.89 bits per heavy atom. The third-order valence-corrected chi connectivity index (χ3v) is 3.95. The van der Waals surface area contributed by atoms with Crippen LogP contribution in [-0.2, 0) is 0 Å². The molecule has 4 nitrogen and oxygen atoms in total. The lowest BCUT2D eigenvalue weighted by molar-refractivity contribution is 1.06. The standard InChI is InChI=1S/C13H10Br2N4/c1-7-2-4-10-12(17-7)19(13(16)18-10)11-5-3-8(14)6-9(11)15/h2-6H,1H3,(H2,16,18). The molecule has 0 aliphatic rings. The monoisotopic (exact) mass is 380 g/mol. The van der Waals surface area contributed by atoms with E-state index in [1.165, 1.54) is 0 Å². The van der Waals surface area contributed by atoms with Crippen LogP contribution < -0.4 is 5.73 Å². The van der Waals surface area contributed by atoms with Gasteiger partial charge in [0.1, 0.15) is 5.52 Å². The molecular formula is C13H10Br2N4. The van der Waals surface area contributed by atoms with Crippen molar-refractivity contribution in [2.45, 2.75) is 6.92 Å². The van der Waals surface area contributed by atoms with Crippen LogP contribution in [0, 0.1) is 6.92 Å². The van der Waals surface area contributed by atoms with Crippen molar-refractivity contribution in [3.05, 3.63) is 45.0 Å². The maximum Gasteiger partial charge on any atom is 0.207 e. The van der Waals surface area contributed by atoms with Crippen LogP contribution in [0.2, 0.25) is 0 Å². The Labute approximate surface area is 126 Å². The van der Waals surface area contributed by atoms with Crippen molar-refractivity contribution < 1.29 is 0 Å². The van der Waals surface area contributed by atoms with E-state index in [4.69, 9.17) is 5.73 Å². The molecule has 3 rings (SSSR count). The van der Waals surface area contributed by atoms with E-state index in [1.54, 1.807) is 0 Å². The number of halogens is 2. The highest BCUT2D eigenvalue weighted by Crippen LogP contribution is 2.29. The molecule has 0 saturated carbocycles. The molecule has 2 N–H and O–H groups in total. The van der Waals surface area contributed by atoms with Crippen LogP contribution >= 0.6 is 31.9 Å². The summed E-state index contributed by atoms with van der Waals surface area (Å²) in [6.07, 6.45) is 0. The van der Waals surface area contributed by atoms with Crippen molar-refractivity contribution in [2.75, 3.05) is 5.73 Å². The molecule has 0 radical (unpaired) electrons. The number of imidazole rings is 1. The van der Waals surface area contributed by atoms with Gasteiger partial charge in [-0.15, -0.1) is 0 Å². The summed E-state index contributed by atoms with van der Waals surface area (Å²) in [5, 5.41) is 0. The quantitative estimate of drug-likeness (QED) is 0.696. The van der Waals surface area contributed by atoms with E-state index in [0.717, 1.165) is 31.5 Å². The van der Waals surface area contributed by atoms with Gasteiger partial charge in [0.2, 0.25) is 5.95 Å². The molecule has 2 heterocycles. The second-order valence-electron chi connectivity index (χ2n) is 4.20. The van der Waals surface area contributed by atoms with Crippen LogP contribution in [0.1, 0.15) is 5.69 Å². The lowest BCUT2D eigenvalue weighted by Crippen LogP contribution is -2.02. The highest BCUT2D eigenvalue weighted by atomic mass is 79.9. The Hall–Kier alpha value is -1.40. The fourth-order valence-electron chi connectivity index (χ4n) is 1.97. The Bertz CT molecular complexity index is 780. The van der Waals surface area contributed by atoms with Gasteiger partial charge in [-0.3, -0.25) is 4.57 Å². The number of fused-ring (bicyclic) bond motifs is 1. The van der Waals surface area contributed by atoms with Crippen LogP contribution in [0.25, 0.3) is 16.9 Å². The normalized spacial score (nSPS) is 11.1. The molecule has 6 heteroatoms. The maximum absolute atomic E-state index is 6.02. The summed E-state index contributed by atoms with van der Waals surface area (Å²) in [4.78, 5) is 8.86. The summed E-state index contributed by atoms with van der Waals surface area (Å²) in [5.41, 5.74) is 9.43. The number of hydrogen-bond donors (Lipinski definition) is 1. The summed E-state index contributed by atoms with van der Waals surface area (Å²) in [5.74, 6) is 0.427. The Balaban J connectivity index is 2.35. The van der Waals surface area contributed by atoms with Gasteiger partial charge < -0.3 is 5.73 Å². The van der Waals surface area contributed by atoms with Crippen molar-refractivity contribution in [3.8, 4) is 5.69 Å². The maximum atomic E-state index is 6.02. The van der Waals surface area contributed by atoms with E-state index >= 15 is 0 Å². The molecule has 0 fully saturated rings. The smallest absolute Gasteiger partial charge is 0.207 e. The second-order valence-corrected chi connectivity index (χ2v) is 5.97. The molecule has 0 atom stereocenters. The molecule has 0 unspecified atom stereocenters. The number of pyridine rings is 1. The van der Waals surface area contributed by atoms with Gasteiger partial charge in [0, 0.05) is 14.6 Å². The summed E-state index contributed by atoms with van der Waals surface area (Å²) in [7, 11) is 0. The predicted octanol–water partition coefficient (Wildman–Crippen LogP) is 3.84. The lowest BCUT2D eigenvalue weighted by atomic mass is 10.3. The van der Waals surface area contributed by atoms with Crippen molar-refractivity contribution in [3.63, 3.8) is 0 Å². The molecule has 3 aromatic rings. The number of anilines is 1. The third-order valence-electron chi connectivity index (χ3n) is 2.82. The zero-order valence-electron chi connectivity index (χ0n) is 10.1. The van der Waals surface area contributed by atoms with E-state index in [9.17, 15) is 0 Å². The number of nitrogens with two attached hydrogens (primary N) is 1. The number of benzene rings is 1. The van der Waals surface area contributed by atoms with Crippen molar-refractivity contribution >= 4 is 49.0 Å². The molecule has 2 aromatic heterocycles. The summed E-state index contributed by atoms with van der Waals surface area (Å²) < 4.78 is 3.77. The summed E-state index contributed by atoms with van der Waals surface area (Å²) in [6, 6.07) is 9.75. The summed E-state index contributed by atoms with van der Waals surface area (Å²) in [6.45, 7) is 1.95. The van der Waals surface area contributed by atoms with Gasteiger partial charge in [-0.25, -0.2) is 9.97 Å². The third kappa shape index (κ3) is 2.15. The minimum Gasteiger partial charge on any atom is -0.369 e. The van der Waals surface area contributed by atoms with Gasteiger partial charge in [-0.2, -0.15) is 0 Å². The fourth-order valence-corrected chi connectivity index (χ4v) is 3.19. The first-order chi connectivity index (χ1) is 9.06. The minimum atomic E-state index is 0.427. The van der Waals surface area contributed by atoms with Crippen LogP contribution in [0.3, 0.4) is 0 Å². The average Bonchev–Trinajstić information content (AvgIpc) is 2.65. The van der Waals surface area contributed by atoms with Gasteiger partial charge in [-0.05, 0) is 53.2 Å². The molecule has 0 saturated heterocycles. The van der Waals surface area contributed by atoms with Crippen LogP contribution in [0.15, 0.2) is 39.3 Å². The van der Waals surface area contributed by atoms with Crippen molar-refractivity contribution in [1.82, 2.24) is 14.5 Å². The predicted molar refractivity (Wildman–Crippen MR) is 83.4 cm³/mol. The highest BCUT2D eigenvalue weighted by Gasteiger charge is 2.13. The van der Waals surface area contributed by atoms with E-state index in [1.807, 2.05) is 41.8 Å². The van der Waals surface area contributed by atoms with Crippen LogP contribution in [0.5, 0.6) is 0 Å². The number of nitrogen functional groups attached to an aromatic ring is 1. The Morgan fingerprint density at radius 1 is 1.11 bits per heavy atom. The molecule has 0 aliphatic carbocycles. The fraction of sp³-hybridized carbons (Fsp3) is 0.0769. The Kier molecular flexibility index (Phi) is 3.06. The first-order valence-corrected chi connectivity index (χ1v) is 7.22. The zero-order chi connectivity index (χ0) is 13.6. The Morgan fingerprint density at radius 3 is 2.63 bits per heavy atom. The van der Waals surface area contributed by atoms with Crippen molar-refractivity contribution in [2.24, 2.45) is 0 Å². The van der Waals surface area contributed by atoms with Gasteiger partial charge in [0.15, 0.2) is 5.65 Å². The van der Waals surface area contributed by atoms with Gasteiger partial charge >= 0.3 is 0 Å². The number of rotatable bonds is 1. The second kappa shape index (κ2) is 4.61. The van der Waals surface area contributed by atoms with E-state index < -0.39 is 0 Å². The van der Waals surface area contributed by atoms with E-state index in [0.29, 0.717) is 5.95 Å². The molecule has 0 spiro atoms. The highest BCUT2D eigenvalue weighted by molar-refractivity contribution is 9.11. The topological polar surface area (TPSA) is 56.7 Å². The number of hydrogen-bond acceptors (Lipinski definition) is 3. The van der Waals surface area contributed by atoms with Crippen LogP contribution in [0.4, 0.5) is 5.95 Å². The van der Waals surface area contributed by atoms with Crippen LogP contribution in [-0.4, -0.2) is 14.5 Å². The molecule has 19 heavy (non-hydrogen) atoms. The largest absolute Gasteiger partial charge is 0.369 e. The molecule has 1 aromatic carbocycles. The number of aryl methyl sites for hydroxylation is 1. The molecular weight excluding hydrogens is 372 g/mol. The lowest BCUT2D eigenvalue weighted by Gasteiger charge is -2.08. The summed E-state index contributed by atoms with van der Waals surface area (Å²) >= 11 is 6.98. The zero-order valence-corrected chi connectivity index (χ0v) is 13.2. The van der Waals surface area contributed by atoms with Crippen molar-refractivity contribution in [1.29, 1.82) is 0 Å². The van der Waals surface area contributed by atoms with E-state index in [2.05, 4.69) is 41.8 Å². The van der Waals surface area contributed by atoms with Gasteiger partial charge in [0.25, 0.3) is 0 Å². The van der Waals surface area contributed by atoms with Gasteiger partial charge in [-0.1, -0.05) is 15.9 Å². The van der Waals surface area contributed by atoms with E-state index in [-0.39, 0.29) is 0 Å². The average molecular weight is 382 g/mol. The molecule has 0 aliphatic heterocycles. The number of nitrogens with zero attached hydrogens (tertiary/aromatic N) is 3. The van der Waals surface area contributed by atoms with Gasteiger partial charge in [0.05, 0.1) is 5.69 Å². The molecule has 0 amide bonds.